The summed E-state index contributed by atoms with van der Waals surface area (Å²) in [5.74, 6) is 1.56. The van der Waals surface area contributed by atoms with Crippen LogP contribution in [0.1, 0.15) is 48.8 Å². The molecule has 2 atom stereocenters. The Balaban J connectivity index is 2.31. The Kier molecular flexibility index (Phi) is 2.77. The average molecular weight is 199 g/mol. The van der Waals surface area contributed by atoms with Gasteiger partial charge in [-0.2, -0.15) is 5.26 Å². The Morgan fingerprint density at radius 1 is 1.40 bits per heavy atom. The summed E-state index contributed by atoms with van der Waals surface area (Å²) in [5, 5.41) is 8.90. The van der Waals surface area contributed by atoms with E-state index in [1.54, 1.807) is 0 Å². The highest BCUT2D eigenvalue weighted by Crippen LogP contribution is 2.45. The summed E-state index contributed by atoms with van der Waals surface area (Å²) in [6, 6.07) is 8.31. The molecule has 78 valence electrons. The summed E-state index contributed by atoms with van der Waals surface area (Å²) in [6.45, 7) is 4.42. The van der Waals surface area contributed by atoms with Crippen molar-refractivity contribution in [2.75, 3.05) is 0 Å². The molecule has 1 aliphatic carbocycles. The molecule has 1 saturated carbocycles. The van der Waals surface area contributed by atoms with Crippen LogP contribution in [0.4, 0.5) is 0 Å². The highest BCUT2D eigenvalue weighted by atomic mass is 14.4. The fourth-order valence-corrected chi connectivity index (χ4v) is 2.58. The van der Waals surface area contributed by atoms with E-state index in [0.717, 1.165) is 11.5 Å². The third kappa shape index (κ3) is 1.77. The van der Waals surface area contributed by atoms with Crippen LogP contribution in [0, 0.1) is 24.2 Å². The van der Waals surface area contributed by atoms with Gasteiger partial charge >= 0.3 is 0 Å². The minimum absolute atomic E-state index is 0.711. The Morgan fingerprint density at radius 3 is 2.73 bits per heavy atom. The van der Waals surface area contributed by atoms with E-state index >= 15 is 0 Å². The molecule has 0 aromatic heterocycles. The third-order valence-electron chi connectivity index (χ3n) is 3.75. The van der Waals surface area contributed by atoms with Gasteiger partial charge in [-0.25, -0.2) is 0 Å². The van der Waals surface area contributed by atoms with Crippen LogP contribution in [0.2, 0.25) is 0 Å². The number of aryl methyl sites for hydroxylation is 1. The van der Waals surface area contributed by atoms with Gasteiger partial charge in [0.1, 0.15) is 0 Å². The van der Waals surface area contributed by atoms with Gasteiger partial charge in [-0.1, -0.05) is 19.4 Å². The van der Waals surface area contributed by atoms with E-state index in [1.165, 1.54) is 30.4 Å². The normalized spacial score (nSPS) is 24.3. The fourth-order valence-electron chi connectivity index (χ4n) is 2.58. The lowest BCUT2D eigenvalue weighted by atomic mass is 9.68. The summed E-state index contributed by atoms with van der Waals surface area (Å²) in [7, 11) is 0. The van der Waals surface area contributed by atoms with Crippen LogP contribution in [-0.2, 0) is 0 Å². The van der Waals surface area contributed by atoms with E-state index < -0.39 is 0 Å². The Bertz CT molecular complexity index is 398. The molecule has 0 amide bonds. The van der Waals surface area contributed by atoms with Crippen LogP contribution >= 0.6 is 0 Å². The molecule has 2 rings (SSSR count). The van der Waals surface area contributed by atoms with Crippen LogP contribution in [0.25, 0.3) is 0 Å². The summed E-state index contributed by atoms with van der Waals surface area (Å²) in [6.07, 6.45) is 3.92. The van der Waals surface area contributed by atoms with Crippen LogP contribution in [0.5, 0.6) is 0 Å². The molecule has 1 aromatic carbocycles. The molecule has 0 saturated heterocycles. The second-order valence-corrected chi connectivity index (χ2v) is 4.54. The molecule has 0 spiro atoms. The molecular weight excluding hydrogens is 182 g/mol. The maximum atomic E-state index is 8.90. The fraction of sp³-hybridized carbons (Fsp3) is 0.500. The number of nitrogens with zero attached hydrogens (tertiary/aromatic N) is 1. The zero-order valence-corrected chi connectivity index (χ0v) is 9.46. The van der Waals surface area contributed by atoms with Crippen molar-refractivity contribution >= 4 is 0 Å². The highest BCUT2D eigenvalue weighted by molar-refractivity contribution is 5.40. The highest BCUT2D eigenvalue weighted by Gasteiger charge is 2.31. The van der Waals surface area contributed by atoms with Crippen molar-refractivity contribution < 1.29 is 0 Å². The second kappa shape index (κ2) is 4.06. The maximum Gasteiger partial charge on any atom is 0.0991 e. The van der Waals surface area contributed by atoms with E-state index in [1.807, 2.05) is 6.07 Å². The molecule has 1 fully saturated rings. The first-order valence-corrected chi connectivity index (χ1v) is 5.77. The molecule has 0 N–H and O–H groups in total. The van der Waals surface area contributed by atoms with Gasteiger partial charge in [0.2, 0.25) is 0 Å². The van der Waals surface area contributed by atoms with Crippen molar-refractivity contribution in [1.29, 1.82) is 5.26 Å². The van der Waals surface area contributed by atoms with E-state index in [9.17, 15) is 0 Å². The van der Waals surface area contributed by atoms with Crippen LogP contribution < -0.4 is 0 Å². The largest absolute Gasteiger partial charge is 0.192 e. The lowest BCUT2D eigenvalue weighted by Crippen LogP contribution is -2.23. The Hall–Kier alpha value is -1.29. The van der Waals surface area contributed by atoms with Crippen molar-refractivity contribution in [1.82, 2.24) is 0 Å². The predicted octanol–water partition coefficient (Wildman–Crippen LogP) is 3.77. The average Bonchev–Trinajstić information content (AvgIpc) is 2.20. The molecule has 0 bridgehead atoms. The lowest BCUT2D eigenvalue weighted by Gasteiger charge is -2.37. The minimum atomic E-state index is 0.711. The second-order valence-electron chi connectivity index (χ2n) is 4.54. The predicted molar refractivity (Wildman–Crippen MR) is 61.7 cm³/mol. The Labute approximate surface area is 91.7 Å². The molecular formula is C14H17N. The molecule has 0 aliphatic heterocycles. The first kappa shape index (κ1) is 10.2. The molecule has 15 heavy (non-hydrogen) atoms. The standard InChI is InChI=1S/C14H17N/c1-3-12-6-7-13(12)14-8-11(9-15)5-4-10(14)2/h4-5,8,12-13H,3,6-7H2,1-2H3. The molecule has 0 heterocycles. The topological polar surface area (TPSA) is 23.8 Å². The van der Waals surface area contributed by atoms with E-state index in [2.05, 4.69) is 32.0 Å². The maximum absolute atomic E-state index is 8.90. The van der Waals surface area contributed by atoms with Crippen molar-refractivity contribution in [2.45, 2.75) is 39.0 Å². The summed E-state index contributed by atoms with van der Waals surface area (Å²) >= 11 is 0. The zero-order valence-electron chi connectivity index (χ0n) is 9.46. The molecule has 1 aromatic rings. The molecule has 1 nitrogen and oxygen atoms in total. The number of benzene rings is 1. The molecule has 1 heteroatoms. The zero-order chi connectivity index (χ0) is 10.8. The van der Waals surface area contributed by atoms with Crippen LogP contribution in [0.15, 0.2) is 18.2 Å². The van der Waals surface area contributed by atoms with Gasteiger partial charge in [0.05, 0.1) is 11.6 Å². The van der Waals surface area contributed by atoms with Crippen molar-refractivity contribution in [3.63, 3.8) is 0 Å². The summed E-state index contributed by atoms with van der Waals surface area (Å²) < 4.78 is 0. The molecule has 2 unspecified atom stereocenters. The minimum Gasteiger partial charge on any atom is -0.192 e. The first-order chi connectivity index (χ1) is 7.26. The monoisotopic (exact) mass is 199 g/mol. The van der Waals surface area contributed by atoms with Gasteiger partial charge in [0.25, 0.3) is 0 Å². The molecule has 1 aliphatic rings. The van der Waals surface area contributed by atoms with Gasteiger partial charge in [-0.05, 0) is 54.9 Å². The van der Waals surface area contributed by atoms with Gasteiger partial charge in [-0.3, -0.25) is 0 Å². The first-order valence-electron chi connectivity index (χ1n) is 5.77. The van der Waals surface area contributed by atoms with E-state index in [4.69, 9.17) is 5.26 Å². The van der Waals surface area contributed by atoms with Crippen molar-refractivity contribution in [2.24, 2.45) is 5.92 Å². The van der Waals surface area contributed by atoms with Crippen LogP contribution in [-0.4, -0.2) is 0 Å². The third-order valence-corrected chi connectivity index (χ3v) is 3.75. The van der Waals surface area contributed by atoms with Gasteiger partial charge in [0.15, 0.2) is 0 Å². The summed E-state index contributed by atoms with van der Waals surface area (Å²) in [4.78, 5) is 0. The van der Waals surface area contributed by atoms with Crippen molar-refractivity contribution in [3.8, 4) is 6.07 Å². The number of hydrogen-bond acceptors (Lipinski definition) is 1. The van der Waals surface area contributed by atoms with Gasteiger partial charge < -0.3 is 0 Å². The van der Waals surface area contributed by atoms with E-state index in [0.29, 0.717) is 5.92 Å². The lowest BCUT2D eigenvalue weighted by molar-refractivity contribution is 0.246. The number of rotatable bonds is 2. The smallest absolute Gasteiger partial charge is 0.0991 e. The van der Waals surface area contributed by atoms with Crippen LogP contribution in [0.3, 0.4) is 0 Å². The van der Waals surface area contributed by atoms with Gasteiger partial charge in [0, 0.05) is 0 Å². The van der Waals surface area contributed by atoms with Crippen molar-refractivity contribution in [3.05, 3.63) is 34.9 Å². The number of hydrogen-bond donors (Lipinski definition) is 0. The Morgan fingerprint density at radius 2 is 2.20 bits per heavy atom. The van der Waals surface area contributed by atoms with Gasteiger partial charge in [-0.15, -0.1) is 0 Å². The number of nitriles is 1. The molecule has 0 radical (unpaired) electrons. The summed E-state index contributed by atoms with van der Waals surface area (Å²) in [5.41, 5.74) is 3.56. The van der Waals surface area contributed by atoms with E-state index in [-0.39, 0.29) is 0 Å². The quantitative estimate of drug-likeness (QED) is 0.711. The SMILES string of the molecule is CCC1CCC1c1cc(C#N)ccc1C.